The minimum atomic E-state index is -4.52. The molecule has 0 aliphatic carbocycles. The van der Waals surface area contributed by atoms with E-state index in [9.17, 15) is 28.1 Å². The van der Waals surface area contributed by atoms with Crippen molar-refractivity contribution in [2.45, 2.75) is 6.18 Å². The van der Waals surface area contributed by atoms with Crippen LogP contribution in [0, 0.1) is 10.1 Å². The number of carbonyl (C=O) groups excluding carboxylic acids is 1. The normalized spacial score (nSPS) is 11.3. The van der Waals surface area contributed by atoms with Gasteiger partial charge in [0.25, 0.3) is 11.6 Å². The van der Waals surface area contributed by atoms with Gasteiger partial charge in [-0.05, 0) is 18.2 Å². The summed E-state index contributed by atoms with van der Waals surface area (Å²) in [6.07, 6.45) is -3.38. The van der Waals surface area contributed by atoms with E-state index in [2.05, 4.69) is 5.32 Å². The number of hydrogen-bond donors (Lipinski definition) is 1. The first-order valence-electron chi connectivity index (χ1n) is 5.98. The summed E-state index contributed by atoms with van der Waals surface area (Å²) in [5.74, 6) is -0.741. The number of nitro groups is 1. The van der Waals surface area contributed by atoms with Crippen molar-refractivity contribution in [3.8, 4) is 0 Å². The summed E-state index contributed by atoms with van der Waals surface area (Å²) in [6.45, 7) is 0. The second kappa shape index (κ2) is 5.51. The summed E-state index contributed by atoms with van der Waals surface area (Å²) in [5, 5.41) is 12.9. The molecule has 0 aliphatic heterocycles. The molecule has 6 nitrogen and oxygen atoms in total. The van der Waals surface area contributed by atoms with Gasteiger partial charge in [-0.1, -0.05) is 6.07 Å². The van der Waals surface area contributed by atoms with Gasteiger partial charge in [0, 0.05) is 18.8 Å². The molecule has 0 unspecified atom stereocenters. The van der Waals surface area contributed by atoms with Crippen molar-refractivity contribution in [2.75, 3.05) is 5.32 Å². The molecule has 9 heteroatoms. The molecule has 0 bridgehead atoms. The van der Waals surface area contributed by atoms with Crippen LogP contribution in [0.2, 0.25) is 0 Å². The zero-order chi connectivity index (χ0) is 16.5. The third kappa shape index (κ3) is 3.25. The van der Waals surface area contributed by atoms with Gasteiger partial charge < -0.3 is 9.88 Å². The lowest BCUT2D eigenvalue weighted by atomic mass is 10.2. The average Bonchev–Trinajstić information content (AvgIpc) is 2.80. The van der Waals surface area contributed by atoms with Crippen LogP contribution in [0.1, 0.15) is 16.1 Å². The molecule has 2 aromatic rings. The second-order valence-corrected chi connectivity index (χ2v) is 4.48. The Balaban J connectivity index is 2.24. The van der Waals surface area contributed by atoms with Crippen LogP contribution in [0.3, 0.4) is 0 Å². The fourth-order valence-electron chi connectivity index (χ4n) is 1.84. The van der Waals surface area contributed by atoms with Gasteiger partial charge in [0.2, 0.25) is 0 Å². The van der Waals surface area contributed by atoms with E-state index in [-0.39, 0.29) is 17.1 Å². The summed E-state index contributed by atoms with van der Waals surface area (Å²) >= 11 is 0. The van der Waals surface area contributed by atoms with E-state index in [1.165, 1.54) is 17.7 Å². The Morgan fingerprint density at radius 2 is 2.00 bits per heavy atom. The molecular formula is C13H10F3N3O3. The van der Waals surface area contributed by atoms with Crippen molar-refractivity contribution in [1.82, 2.24) is 4.57 Å². The molecule has 0 fully saturated rings. The maximum Gasteiger partial charge on any atom is 0.416 e. The summed E-state index contributed by atoms with van der Waals surface area (Å²) in [6, 6.07) is 5.16. The number of nitrogens with zero attached hydrogens (tertiary/aromatic N) is 2. The van der Waals surface area contributed by atoms with E-state index >= 15 is 0 Å². The van der Waals surface area contributed by atoms with Crippen LogP contribution >= 0.6 is 0 Å². The van der Waals surface area contributed by atoms with Crippen LogP contribution in [0.15, 0.2) is 36.5 Å². The van der Waals surface area contributed by atoms with E-state index in [1.807, 2.05) is 0 Å². The number of aryl methyl sites for hydroxylation is 1. The van der Waals surface area contributed by atoms with Gasteiger partial charge in [-0.3, -0.25) is 14.9 Å². The highest BCUT2D eigenvalue weighted by Gasteiger charge is 2.30. The first-order chi connectivity index (χ1) is 10.2. The van der Waals surface area contributed by atoms with Gasteiger partial charge in [-0.2, -0.15) is 13.2 Å². The lowest BCUT2D eigenvalue weighted by Crippen LogP contribution is -2.16. The minimum Gasteiger partial charge on any atom is -0.340 e. The third-order valence-corrected chi connectivity index (χ3v) is 2.88. The lowest BCUT2D eigenvalue weighted by Gasteiger charge is -2.10. The average molecular weight is 313 g/mol. The van der Waals surface area contributed by atoms with Crippen LogP contribution in [0.5, 0.6) is 0 Å². The molecule has 0 atom stereocenters. The molecule has 0 spiro atoms. The number of halogens is 3. The highest BCUT2D eigenvalue weighted by Crippen LogP contribution is 2.30. The molecule has 116 valence electrons. The summed E-state index contributed by atoms with van der Waals surface area (Å²) in [4.78, 5) is 22.0. The maximum atomic E-state index is 12.6. The minimum absolute atomic E-state index is 0.0379. The zero-order valence-electron chi connectivity index (χ0n) is 11.2. The molecule has 1 amide bonds. The number of aromatic nitrogens is 1. The SMILES string of the molecule is Cn1cc([N+](=O)[O-])cc1C(=O)Nc1cccc(C(F)(F)F)c1. The Kier molecular flexibility index (Phi) is 3.89. The van der Waals surface area contributed by atoms with Gasteiger partial charge in [0.05, 0.1) is 16.7 Å². The number of hydrogen-bond acceptors (Lipinski definition) is 3. The summed E-state index contributed by atoms with van der Waals surface area (Å²) in [7, 11) is 1.42. The van der Waals surface area contributed by atoms with Crippen molar-refractivity contribution < 1.29 is 22.9 Å². The fraction of sp³-hybridized carbons (Fsp3) is 0.154. The molecular weight excluding hydrogens is 303 g/mol. The highest BCUT2D eigenvalue weighted by molar-refractivity contribution is 6.03. The molecule has 1 heterocycles. The Morgan fingerprint density at radius 3 is 2.55 bits per heavy atom. The number of alkyl halides is 3. The van der Waals surface area contributed by atoms with E-state index < -0.39 is 22.6 Å². The van der Waals surface area contributed by atoms with Crippen molar-refractivity contribution in [1.29, 1.82) is 0 Å². The molecule has 22 heavy (non-hydrogen) atoms. The van der Waals surface area contributed by atoms with Crippen LogP contribution in [0.4, 0.5) is 24.5 Å². The maximum absolute atomic E-state index is 12.6. The first-order valence-corrected chi connectivity index (χ1v) is 5.98. The van der Waals surface area contributed by atoms with Crippen LogP contribution < -0.4 is 5.32 Å². The van der Waals surface area contributed by atoms with E-state index in [0.29, 0.717) is 0 Å². The number of carbonyl (C=O) groups is 1. The van der Waals surface area contributed by atoms with Gasteiger partial charge in [-0.15, -0.1) is 0 Å². The monoisotopic (exact) mass is 313 g/mol. The summed E-state index contributed by atoms with van der Waals surface area (Å²) in [5.41, 5.74) is -1.27. The molecule has 0 aliphatic rings. The topological polar surface area (TPSA) is 77.2 Å². The third-order valence-electron chi connectivity index (χ3n) is 2.88. The molecule has 1 N–H and O–H groups in total. The van der Waals surface area contributed by atoms with Crippen molar-refractivity contribution in [3.63, 3.8) is 0 Å². The number of benzene rings is 1. The first kappa shape index (κ1) is 15.5. The predicted octanol–water partition coefficient (Wildman–Crippen LogP) is 3.20. The lowest BCUT2D eigenvalue weighted by molar-refractivity contribution is -0.384. The quantitative estimate of drug-likeness (QED) is 0.698. The molecule has 2 rings (SSSR count). The standard InChI is InChI=1S/C13H10F3N3O3/c1-18-7-10(19(21)22)6-11(18)12(20)17-9-4-2-3-8(5-9)13(14,15)16/h2-7H,1H3,(H,17,20). The Morgan fingerprint density at radius 1 is 1.32 bits per heavy atom. The Labute approximate surface area is 122 Å². The molecule has 0 saturated carbocycles. The molecule has 1 aromatic heterocycles. The Hall–Kier alpha value is -2.84. The van der Waals surface area contributed by atoms with Crippen LogP contribution in [-0.2, 0) is 13.2 Å². The Bertz CT molecular complexity index is 738. The van der Waals surface area contributed by atoms with Crippen molar-refractivity contribution in [3.05, 3.63) is 57.9 Å². The number of anilines is 1. The van der Waals surface area contributed by atoms with Crippen LogP contribution in [0.25, 0.3) is 0 Å². The molecule has 0 saturated heterocycles. The molecule has 1 aromatic carbocycles. The van der Waals surface area contributed by atoms with Gasteiger partial charge in [0.1, 0.15) is 5.69 Å². The van der Waals surface area contributed by atoms with Gasteiger partial charge in [0.15, 0.2) is 0 Å². The van der Waals surface area contributed by atoms with Crippen molar-refractivity contribution >= 4 is 17.3 Å². The predicted molar refractivity (Wildman–Crippen MR) is 71.5 cm³/mol. The number of rotatable bonds is 3. The van der Waals surface area contributed by atoms with E-state index in [4.69, 9.17) is 0 Å². The smallest absolute Gasteiger partial charge is 0.340 e. The van der Waals surface area contributed by atoms with E-state index in [0.717, 1.165) is 30.5 Å². The zero-order valence-corrected chi connectivity index (χ0v) is 11.2. The van der Waals surface area contributed by atoms with Crippen molar-refractivity contribution in [2.24, 2.45) is 7.05 Å². The summed E-state index contributed by atoms with van der Waals surface area (Å²) < 4.78 is 39.0. The largest absolute Gasteiger partial charge is 0.416 e. The fourth-order valence-corrected chi connectivity index (χ4v) is 1.84. The molecule has 0 radical (unpaired) electrons. The van der Waals surface area contributed by atoms with Crippen LogP contribution in [-0.4, -0.2) is 15.4 Å². The van der Waals surface area contributed by atoms with E-state index in [1.54, 1.807) is 0 Å². The number of nitrogens with one attached hydrogen (secondary N) is 1. The second-order valence-electron chi connectivity index (χ2n) is 4.48. The van der Waals surface area contributed by atoms with Gasteiger partial charge in [-0.25, -0.2) is 0 Å². The highest BCUT2D eigenvalue weighted by atomic mass is 19.4. The van der Waals surface area contributed by atoms with Gasteiger partial charge >= 0.3 is 6.18 Å². The number of amides is 1.